The smallest absolute Gasteiger partial charge is 0.166 e. The van der Waals surface area contributed by atoms with Crippen LogP contribution in [0.4, 0.5) is 13.2 Å². The molecule has 0 aliphatic carbocycles. The van der Waals surface area contributed by atoms with Gasteiger partial charge in [0.1, 0.15) is 0 Å². The SMILES string of the molecule is [CH2]CCC=Cc1cccc(C(F)(F)F)c1. The second-order valence-corrected chi connectivity index (χ2v) is 3.17. The van der Waals surface area contributed by atoms with E-state index in [1.807, 2.05) is 6.08 Å². The van der Waals surface area contributed by atoms with Crippen LogP contribution in [0.3, 0.4) is 0 Å². The normalized spacial score (nSPS) is 12.3. The first-order valence-corrected chi connectivity index (χ1v) is 4.67. The molecule has 0 amide bonds. The Morgan fingerprint density at radius 1 is 1.27 bits per heavy atom. The van der Waals surface area contributed by atoms with Gasteiger partial charge in [0.05, 0.1) is 5.56 Å². The molecule has 0 bridgehead atoms. The van der Waals surface area contributed by atoms with Crippen molar-refractivity contribution < 1.29 is 13.2 Å². The summed E-state index contributed by atoms with van der Waals surface area (Å²) in [6, 6.07) is 5.26. The molecule has 0 fully saturated rings. The third-order valence-corrected chi connectivity index (χ3v) is 1.90. The first kappa shape index (κ1) is 11.8. The second-order valence-electron chi connectivity index (χ2n) is 3.17. The van der Waals surface area contributed by atoms with Gasteiger partial charge < -0.3 is 0 Å². The Morgan fingerprint density at radius 3 is 2.60 bits per heavy atom. The molecule has 3 heteroatoms. The number of alkyl halides is 3. The first-order valence-electron chi connectivity index (χ1n) is 4.67. The predicted molar refractivity (Wildman–Crippen MR) is 55.1 cm³/mol. The van der Waals surface area contributed by atoms with Crippen molar-refractivity contribution in [2.24, 2.45) is 0 Å². The van der Waals surface area contributed by atoms with Crippen LogP contribution >= 0.6 is 0 Å². The summed E-state index contributed by atoms with van der Waals surface area (Å²) in [5, 5.41) is 0. The minimum atomic E-state index is -4.27. The average Bonchev–Trinajstić information content (AvgIpc) is 2.17. The van der Waals surface area contributed by atoms with Crippen LogP contribution in [0.1, 0.15) is 24.0 Å². The molecule has 0 aromatic heterocycles. The van der Waals surface area contributed by atoms with Gasteiger partial charge in [0.2, 0.25) is 0 Å². The highest BCUT2D eigenvalue weighted by Gasteiger charge is 2.30. The van der Waals surface area contributed by atoms with E-state index in [1.165, 1.54) is 6.07 Å². The van der Waals surface area contributed by atoms with E-state index >= 15 is 0 Å². The maximum atomic E-state index is 12.3. The highest BCUT2D eigenvalue weighted by atomic mass is 19.4. The predicted octanol–water partition coefficient (Wildman–Crippen LogP) is 4.33. The molecule has 0 nitrogen and oxygen atoms in total. The lowest BCUT2D eigenvalue weighted by Gasteiger charge is -2.06. The van der Waals surface area contributed by atoms with Crippen LogP contribution in [-0.2, 0) is 6.18 Å². The summed E-state index contributed by atoms with van der Waals surface area (Å²) >= 11 is 0. The molecular weight excluding hydrogens is 201 g/mol. The topological polar surface area (TPSA) is 0 Å². The lowest BCUT2D eigenvalue weighted by atomic mass is 10.1. The van der Waals surface area contributed by atoms with Gasteiger partial charge in [-0.3, -0.25) is 0 Å². The number of rotatable bonds is 3. The van der Waals surface area contributed by atoms with Crippen LogP contribution in [0.25, 0.3) is 6.08 Å². The Morgan fingerprint density at radius 2 is 2.00 bits per heavy atom. The van der Waals surface area contributed by atoms with Gasteiger partial charge in [-0.2, -0.15) is 13.2 Å². The number of hydrogen-bond acceptors (Lipinski definition) is 0. The van der Waals surface area contributed by atoms with E-state index < -0.39 is 11.7 Å². The zero-order chi connectivity index (χ0) is 11.3. The third-order valence-electron chi connectivity index (χ3n) is 1.90. The van der Waals surface area contributed by atoms with Gasteiger partial charge in [-0.1, -0.05) is 31.2 Å². The highest BCUT2D eigenvalue weighted by Crippen LogP contribution is 2.29. The Bertz CT molecular complexity index is 337. The molecule has 0 aliphatic heterocycles. The summed E-state index contributed by atoms with van der Waals surface area (Å²) < 4.78 is 37.0. The minimum absolute atomic E-state index is 0.568. The summed E-state index contributed by atoms with van der Waals surface area (Å²) in [5.41, 5.74) is -0.0439. The average molecular weight is 213 g/mol. The largest absolute Gasteiger partial charge is 0.416 e. The number of halogens is 3. The van der Waals surface area contributed by atoms with Crippen LogP contribution in [0.2, 0.25) is 0 Å². The first-order chi connectivity index (χ1) is 7.04. The van der Waals surface area contributed by atoms with E-state index in [9.17, 15) is 13.2 Å². The molecule has 0 unspecified atom stereocenters. The molecule has 81 valence electrons. The maximum Gasteiger partial charge on any atom is 0.416 e. The van der Waals surface area contributed by atoms with Crippen LogP contribution in [0, 0.1) is 6.92 Å². The molecule has 0 heterocycles. The quantitative estimate of drug-likeness (QED) is 0.700. The molecule has 0 aliphatic rings. The van der Waals surface area contributed by atoms with Crippen molar-refractivity contribution in [3.63, 3.8) is 0 Å². The van der Waals surface area contributed by atoms with Gasteiger partial charge >= 0.3 is 6.18 Å². The Hall–Kier alpha value is -1.25. The molecule has 1 rings (SSSR count). The number of unbranched alkanes of at least 4 members (excludes halogenated alkanes) is 1. The lowest BCUT2D eigenvalue weighted by molar-refractivity contribution is -0.137. The van der Waals surface area contributed by atoms with Gasteiger partial charge in [-0.15, -0.1) is 0 Å². The van der Waals surface area contributed by atoms with Gasteiger partial charge in [-0.25, -0.2) is 0 Å². The summed E-state index contributed by atoms with van der Waals surface area (Å²) in [6.07, 6.45) is 0.755. The Kier molecular flexibility index (Phi) is 3.95. The molecule has 1 radical (unpaired) electrons. The number of allylic oxidation sites excluding steroid dienone is 1. The van der Waals surface area contributed by atoms with E-state index in [0.29, 0.717) is 5.56 Å². The summed E-state index contributed by atoms with van der Waals surface area (Å²) in [6.45, 7) is 3.64. The van der Waals surface area contributed by atoms with Crippen molar-refractivity contribution >= 4 is 6.08 Å². The molecule has 1 aromatic rings. The monoisotopic (exact) mass is 213 g/mol. The molecule has 0 spiro atoms. The zero-order valence-electron chi connectivity index (χ0n) is 8.22. The summed E-state index contributed by atoms with van der Waals surface area (Å²) in [5.74, 6) is 0. The van der Waals surface area contributed by atoms with Crippen molar-refractivity contribution in [3.8, 4) is 0 Å². The van der Waals surface area contributed by atoms with Crippen LogP contribution in [-0.4, -0.2) is 0 Å². The molecular formula is C12H12F3. The number of benzene rings is 1. The lowest BCUT2D eigenvalue weighted by Crippen LogP contribution is -2.04. The fourth-order valence-corrected chi connectivity index (χ4v) is 1.16. The molecule has 0 N–H and O–H groups in total. The second kappa shape index (κ2) is 5.01. The van der Waals surface area contributed by atoms with Crippen molar-refractivity contribution in [2.45, 2.75) is 19.0 Å². The number of hydrogen-bond donors (Lipinski definition) is 0. The van der Waals surface area contributed by atoms with Gasteiger partial charge in [0.25, 0.3) is 0 Å². The fraction of sp³-hybridized carbons (Fsp3) is 0.250. The summed E-state index contributed by atoms with van der Waals surface area (Å²) in [7, 11) is 0. The van der Waals surface area contributed by atoms with Crippen molar-refractivity contribution in [3.05, 3.63) is 48.4 Å². The van der Waals surface area contributed by atoms with Crippen LogP contribution < -0.4 is 0 Å². The molecule has 1 aromatic carbocycles. The molecule has 0 atom stereocenters. The van der Waals surface area contributed by atoms with E-state index in [4.69, 9.17) is 0 Å². The van der Waals surface area contributed by atoms with Gasteiger partial charge in [0.15, 0.2) is 0 Å². The van der Waals surface area contributed by atoms with Crippen molar-refractivity contribution in [2.75, 3.05) is 0 Å². The van der Waals surface area contributed by atoms with E-state index in [1.54, 1.807) is 12.1 Å². The molecule has 0 saturated carbocycles. The van der Waals surface area contributed by atoms with Crippen LogP contribution in [0.15, 0.2) is 30.3 Å². The third kappa shape index (κ3) is 3.78. The summed E-state index contributed by atoms with van der Waals surface area (Å²) in [4.78, 5) is 0. The van der Waals surface area contributed by atoms with E-state index in [-0.39, 0.29) is 0 Å². The highest BCUT2D eigenvalue weighted by molar-refractivity contribution is 5.50. The van der Waals surface area contributed by atoms with Crippen LogP contribution in [0.5, 0.6) is 0 Å². The molecule has 15 heavy (non-hydrogen) atoms. The minimum Gasteiger partial charge on any atom is -0.166 e. The van der Waals surface area contributed by atoms with E-state index in [0.717, 1.165) is 25.0 Å². The van der Waals surface area contributed by atoms with Crippen molar-refractivity contribution in [1.29, 1.82) is 0 Å². The Balaban J connectivity index is 2.84. The van der Waals surface area contributed by atoms with Crippen molar-refractivity contribution in [1.82, 2.24) is 0 Å². The standard InChI is InChI=1S/C12H12F3/c1-2-3-4-6-10-7-5-8-11(9-10)12(13,14)15/h4-9H,1-3H2. The fourth-order valence-electron chi connectivity index (χ4n) is 1.16. The zero-order valence-corrected chi connectivity index (χ0v) is 8.22. The van der Waals surface area contributed by atoms with E-state index in [2.05, 4.69) is 6.92 Å². The van der Waals surface area contributed by atoms with Gasteiger partial charge in [-0.05, 0) is 30.5 Å². The van der Waals surface area contributed by atoms with Gasteiger partial charge in [0, 0.05) is 0 Å². The Labute approximate surface area is 87.4 Å². The molecule has 0 saturated heterocycles. The maximum absolute atomic E-state index is 12.3.